The molecule has 0 spiro atoms. The molecule has 2 aromatic rings. The number of para-hydroxylation sites is 1. The van der Waals surface area contributed by atoms with Crippen molar-refractivity contribution in [2.24, 2.45) is 0 Å². The second-order valence-electron chi connectivity index (χ2n) is 4.52. The third kappa shape index (κ3) is 3.51. The van der Waals surface area contributed by atoms with E-state index >= 15 is 0 Å². The summed E-state index contributed by atoms with van der Waals surface area (Å²) in [5, 5.41) is 2.73. The lowest BCUT2D eigenvalue weighted by molar-refractivity contribution is 0.0954. The summed E-state index contributed by atoms with van der Waals surface area (Å²) in [5.74, 6) is -0.118. The van der Waals surface area contributed by atoms with E-state index in [9.17, 15) is 9.18 Å². The Labute approximate surface area is 122 Å². The van der Waals surface area contributed by atoms with Crippen LogP contribution in [0.4, 0.5) is 10.1 Å². The van der Waals surface area contributed by atoms with Crippen LogP contribution in [0.5, 0.6) is 5.75 Å². The normalized spacial score (nSPS) is 10.2. The molecule has 0 heterocycles. The van der Waals surface area contributed by atoms with Crippen LogP contribution in [0.3, 0.4) is 0 Å². The maximum absolute atomic E-state index is 13.5. The summed E-state index contributed by atoms with van der Waals surface area (Å²) in [6, 6.07) is 11.5. The van der Waals surface area contributed by atoms with E-state index < -0.39 is 0 Å². The van der Waals surface area contributed by atoms with Gasteiger partial charge in [0.25, 0.3) is 5.91 Å². The molecule has 4 nitrogen and oxygen atoms in total. The van der Waals surface area contributed by atoms with Gasteiger partial charge < -0.3 is 15.8 Å². The van der Waals surface area contributed by atoms with Gasteiger partial charge in [0.2, 0.25) is 0 Å². The number of rotatable bonds is 5. The van der Waals surface area contributed by atoms with Crippen molar-refractivity contribution in [2.45, 2.75) is 6.42 Å². The molecule has 2 rings (SSSR count). The fourth-order valence-corrected chi connectivity index (χ4v) is 2.03. The van der Waals surface area contributed by atoms with Crippen molar-refractivity contribution in [3.05, 3.63) is 59.4 Å². The largest absolute Gasteiger partial charge is 0.495 e. The van der Waals surface area contributed by atoms with E-state index in [1.807, 2.05) is 0 Å². The second kappa shape index (κ2) is 6.74. The van der Waals surface area contributed by atoms with Crippen LogP contribution in [0.2, 0.25) is 0 Å². The van der Waals surface area contributed by atoms with Crippen molar-refractivity contribution < 1.29 is 13.9 Å². The van der Waals surface area contributed by atoms with Crippen molar-refractivity contribution in [3.8, 4) is 5.75 Å². The number of anilines is 1. The van der Waals surface area contributed by atoms with Gasteiger partial charge in [-0.15, -0.1) is 0 Å². The van der Waals surface area contributed by atoms with Gasteiger partial charge in [-0.25, -0.2) is 4.39 Å². The van der Waals surface area contributed by atoms with Crippen LogP contribution in [-0.2, 0) is 6.42 Å². The third-order valence-electron chi connectivity index (χ3n) is 3.17. The number of carbonyl (C=O) groups excluding carboxylic acids is 1. The van der Waals surface area contributed by atoms with Crippen LogP contribution in [0, 0.1) is 5.82 Å². The van der Waals surface area contributed by atoms with E-state index in [1.165, 1.54) is 13.2 Å². The number of benzene rings is 2. The number of ether oxygens (including phenoxy) is 1. The molecule has 0 saturated heterocycles. The minimum absolute atomic E-state index is 0.271. The quantitative estimate of drug-likeness (QED) is 0.830. The average molecular weight is 288 g/mol. The van der Waals surface area contributed by atoms with Gasteiger partial charge in [-0.3, -0.25) is 4.79 Å². The average Bonchev–Trinajstić information content (AvgIpc) is 2.49. The molecule has 0 bridgehead atoms. The molecule has 0 atom stereocenters. The van der Waals surface area contributed by atoms with Crippen LogP contribution in [0.15, 0.2) is 42.5 Å². The number of amides is 1. The van der Waals surface area contributed by atoms with Crippen LogP contribution < -0.4 is 15.8 Å². The molecule has 0 unspecified atom stereocenters. The highest BCUT2D eigenvalue weighted by atomic mass is 19.1. The summed E-state index contributed by atoms with van der Waals surface area (Å²) in [5.41, 5.74) is 7.07. The standard InChI is InChI=1S/C16H17FN2O2/c1-21-14-8-4-6-12(15(14)18)16(20)19-10-9-11-5-2-3-7-13(11)17/h2-8H,9-10,18H2,1H3,(H,19,20). The number of carbonyl (C=O) groups is 1. The molecule has 21 heavy (non-hydrogen) atoms. The minimum atomic E-state index is -0.303. The fraction of sp³-hybridized carbons (Fsp3) is 0.188. The van der Waals surface area contributed by atoms with E-state index in [0.717, 1.165) is 0 Å². The van der Waals surface area contributed by atoms with Crippen molar-refractivity contribution in [3.63, 3.8) is 0 Å². The smallest absolute Gasteiger partial charge is 0.253 e. The lowest BCUT2D eigenvalue weighted by atomic mass is 10.1. The Bertz CT molecular complexity index is 644. The number of methoxy groups -OCH3 is 1. The highest BCUT2D eigenvalue weighted by molar-refractivity contribution is 6.00. The van der Waals surface area contributed by atoms with Gasteiger partial charge in [-0.05, 0) is 30.2 Å². The Balaban J connectivity index is 1.98. The number of hydrogen-bond acceptors (Lipinski definition) is 3. The Morgan fingerprint density at radius 2 is 2.00 bits per heavy atom. The summed E-state index contributed by atoms with van der Waals surface area (Å²) in [4.78, 5) is 12.1. The topological polar surface area (TPSA) is 64.3 Å². The number of nitrogens with two attached hydrogens (primary N) is 1. The van der Waals surface area contributed by atoms with Gasteiger partial charge >= 0.3 is 0 Å². The summed E-state index contributed by atoms with van der Waals surface area (Å²) in [6.07, 6.45) is 0.419. The van der Waals surface area contributed by atoms with E-state index in [4.69, 9.17) is 10.5 Å². The van der Waals surface area contributed by atoms with Crippen LogP contribution in [-0.4, -0.2) is 19.6 Å². The van der Waals surface area contributed by atoms with Gasteiger partial charge in [-0.1, -0.05) is 24.3 Å². The molecular weight excluding hydrogens is 271 g/mol. The van der Waals surface area contributed by atoms with Gasteiger partial charge in [0, 0.05) is 6.54 Å². The number of nitrogen functional groups attached to an aromatic ring is 1. The van der Waals surface area contributed by atoms with Gasteiger partial charge in [-0.2, -0.15) is 0 Å². The molecule has 5 heteroatoms. The molecule has 2 aromatic carbocycles. The fourth-order valence-electron chi connectivity index (χ4n) is 2.03. The van der Waals surface area contributed by atoms with Crippen molar-refractivity contribution in [2.75, 3.05) is 19.4 Å². The number of halogens is 1. The van der Waals surface area contributed by atoms with Crippen LogP contribution in [0.25, 0.3) is 0 Å². The van der Waals surface area contributed by atoms with E-state index in [2.05, 4.69) is 5.32 Å². The van der Waals surface area contributed by atoms with Crippen molar-refractivity contribution in [1.29, 1.82) is 0 Å². The first-order valence-corrected chi connectivity index (χ1v) is 6.57. The predicted molar refractivity (Wildman–Crippen MR) is 79.8 cm³/mol. The second-order valence-corrected chi connectivity index (χ2v) is 4.52. The molecule has 0 aliphatic rings. The van der Waals surface area contributed by atoms with Crippen molar-refractivity contribution >= 4 is 11.6 Å². The predicted octanol–water partition coefficient (Wildman–Crippen LogP) is 2.39. The molecule has 0 aliphatic heterocycles. The first-order chi connectivity index (χ1) is 10.1. The summed E-state index contributed by atoms with van der Waals surface area (Å²) in [6.45, 7) is 0.330. The SMILES string of the molecule is COc1cccc(C(=O)NCCc2ccccc2F)c1N. The maximum atomic E-state index is 13.5. The molecule has 0 fully saturated rings. The Morgan fingerprint density at radius 3 is 2.71 bits per heavy atom. The summed E-state index contributed by atoms with van der Waals surface area (Å²) in [7, 11) is 1.49. The van der Waals surface area contributed by atoms with Crippen molar-refractivity contribution in [1.82, 2.24) is 5.32 Å². The number of hydrogen-bond donors (Lipinski definition) is 2. The lowest BCUT2D eigenvalue weighted by Crippen LogP contribution is -2.26. The zero-order valence-corrected chi connectivity index (χ0v) is 11.7. The summed E-state index contributed by atoms with van der Waals surface area (Å²) >= 11 is 0. The zero-order chi connectivity index (χ0) is 15.2. The maximum Gasteiger partial charge on any atom is 0.253 e. The third-order valence-corrected chi connectivity index (χ3v) is 3.17. The van der Waals surface area contributed by atoms with Gasteiger partial charge in [0.1, 0.15) is 11.6 Å². The zero-order valence-electron chi connectivity index (χ0n) is 11.7. The molecule has 0 aromatic heterocycles. The first kappa shape index (κ1) is 14.8. The first-order valence-electron chi connectivity index (χ1n) is 6.57. The van der Waals surface area contributed by atoms with Crippen LogP contribution in [0.1, 0.15) is 15.9 Å². The molecule has 110 valence electrons. The molecular formula is C16H17FN2O2. The molecule has 0 saturated carbocycles. The molecule has 0 radical (unpaired) electrons. The van der Waals surface area contributed by atoms with Gasteiger partial charge in [0.15, 0.2) is 0 Å². The van der Waals surface area contributed by atoms with E-state index in [1.54, 1.807) is 36.4 Å². The Morgan fingerprint density at radius 1 is 1.24 bits per heavy atom. The monoisotopic (exact) mass is 288 g/mol. The molecule has 3 N–H and O–H groups in total. The molecule has 1 amide bonds. The van der Waals surface area contributed by atoms with Gasteiger partial charge in [0.05, 0.1) is 18.4 Å². The lowest BCUT2D eigenvalue weighted by Gasteiger charge is -2.10. The van der Waals surface area contributed by atoms with E-state index in [0.29, 0.717) is 35.5 Å². The Hall–Kier alpha value is -2.56. The summed E-state index contributed by atoms with van der Waals surface area (Å²) < 4.78 is 18.5. The van der Waals surface area contributed by atoms with Crippen LogP contribution >= 0.6 is 0 Å². The Kier molecular flexibility index (Phi) is 4.77. The molecule has 0 aliphatic carbocycles. The number of nitrogens with one attached hydrogen (secondary N) is 1. The minimum Gasteiger partial charge on any atom is -0.495 e. The highest BCUT2D eigenvalue weighted by Gasteiger charge is 2.12. The van der Waals surface area contributed by atoms with E-state index in [-0.39, 0.29) is 11.7 Å². The highest BCUT2D eigenvalue weighted by Crippen LogP contribution is 2.24.